The highest BCUT2D eigenvalue weighted by atomic mass is 79.9. The molecule has 1 unspecified atom stereocenters. The summed E-state index contributed by atoms with van der Waals surface area (Å²) in [6, 6.07) is 2.31. The predicted octanol–water partition coefficient (Wildman–Crippen LogP) is 5.34. The Labute approximate surface area is 138 Å². The van der Waals surface area contributed by atoms with Crippen molar-refractivity contribution in [3.05, 3.63) is 35.3 Å². The van der Waals surface area contributed by atoms with Crippen molar-refractivity contribution in [2.45, 2.75) is 32.2 Å². The van der Waals surface area contributed by atoms with Gasteiger partial charge >= 0.3 is 0 Å². The fourth-order valence-corrected chi connectivity index (χ4v) is 5.11. The van der Waals surface area contributed by atoms with E-state index in [1.807, 2.05) is 7.05 Å². The van der Waals surface area contributed by atoms with E-state index in [0.29, 0.717) is 0 Å². The molecule has 104 valence electrons. The second-order valence-corrected chi connectivity index (χ2v) is 9.46. The zero-order valence-electron chi connectivity index (χ0n) is 11.3. The molecule has 0 radical (unpaired) electrons. The molecule has 0 spiro atoms. The van der Waals surface area contributed by atoms with Crippen LogP contribution in [-0.2, 0) is 5.41 Å². The van der Waals surface area contributed by atoms with Crippen LogP contribution in [0.15, 0.2) is 19.7 Å². The third-order valence-corrected chi connectivity index (χ3v) is 7.01. The summed E-state index contributed by atoms with van der Waals surface area (Å²) < 4.78 is 2.22. The minimum atomic E-state index is 0.101. The molecular weight excluding hydrogens is 408 g/mol. The molecule has 0 aliphatic heterocycles. The highest BCUT2D eigenvalue weighted by Crippen LogP contribution is 2.38. The number of halogens is 2. The second-order valence-electron chi connectivity index (χ2n) is 5.31. The fraction of sp³-hybridized carbons (Fsp3) is 0.462. The van der Waals surface area contributed by atoms with E-state index in [1.165, 1.54) is 4.88 Å². The van der Waals surface area contributed by atoms with Crippen molar-refractivity contribution in [2.24, 2.45) is 0 Å². The number of hydrogen-bond donors (Lipinski definition) is 1. The van der Waals surface area contributed by atoms with Gasteiger partial charge in [-0.2, -0.15) is 0 Å². The van der Waals surface area contributed by atoms with Crippen molar-refractivity contribution in [3.63, 3.8) is 0 Å². The average Bonchev–Trinajstić information content (AvgIpc) is 2.88. The number of hydrogen-bond acceptors (Lipinski definition) is 4. The van der Waals surface area contributed by atoms with Gasteiger partial charge < -0.3 is 5.32 Å². The van der Waals surface area contributed by atoms with Crippen LogP contribution in [0, 0.1) is 0 Å². The molecular formula is C13H16Br2N2S2. The van der Waals surface area contributed by atoms with Crippen molar-refractivity contribution in [1.82, 2.24) is 10.3 Å². The van der Waals surface area contributed by atoms with Gasteiger partial charge in [-0.1, -0.05) is 20.8 Å². The highest BCUT2D eigenvalue weighted by molar-refractivity contribution is 9.13. The van der Waals surface area contributed by atoms with Crippen LogP contribution < -0.4 is 5.32 Å². The Kier molecular flexibility index (Phi) is 4.88. The first-order chi connectivity index (χ1) is 8.82. The first-order valence-corrected chi connectivity index (χ1v) is 9.19. The molecule has 2 nitrogen and oxygen atoms in total. The van der Waals surface area contributed by atoms with Gasteiger partial charge in [-0.3, -0.25) is 0 Å². The van der Waals surface area contributed by atoms with Crippen molar-refractivity contribution < 1.29 is 0 Å². The van der Waals surface area contributed by atoms with Crippen molar-refractivity contribution in [3.8, 4) is 0 Å². The number of rotatable bonds is 3. The van der Waals surface area contributed by atoms with Gasteiger partial charge in [0, 0.05) is 20.1 Å². The number of thiazole rings is 1. The molecule has 0 aliphatic carbocycles. The maximum atomic E-state index is 4.80. The SMILES string of the molecule is CNC(c1cc(Br)c(Br)s1)c1nc(C(C)(C)C)cs1. The van der Waals surface area contributed by atoms with E-state index in [9.17, 15) is 0 Å². The predicted molar refractivity (Wildman–Crippen MR) is 91.4 cm³/mol. The van der Waals surface area contributed by atoms with Crippen LogP contribution in [0.1, 0.15) is 42.4 Å². The maximum absolute atomic E-state index is 4.80. The largest absolute Gasteiger partial charge is 0.307 e. The lowest BCUT2D eigenvalue weighted by atomic mass is 9.93. The molecule has 1 atom stereocenters. The first kappa shape index (κ1) is 15.6. The van der Waals surface area contributed by atoms with Gasteiger partial charge in [-0.05, 0) is 45.0 Å². The summed E-state index contributed by atoms with van der Waals surface area (Å²) in [6.07, 6.45) is 0. The monoisotopic (exact) mass is 422 g/mol. The smallest absolute Gasteiger partial charge is 0.115 e. The molecule has 2 aromatic rings. The molecule has 0 bridgehead atoms. The van der Waals surface area contributed by atoms with Crippen molar-refractivity contribution in [2.75, 3.05) is 7.05 Å². The van der Waals surface area contributed by atoms with Crippen LogP contribution in [0.25, 0.3) is 0 Å². The topological polar surface area (TPSA) is 24.9 Å². The van der Waals surface area contributed by atoms with Crippen LogP contribution in [0.2, 0.25) is 0 Å². The van der Waals surface area contributed by atoms with E-state index in [4.69, 9.17) is 4.98 Å². The molecule has 0 amide bonds. The molecule has 2 aromatic heterocycles. The molecule has 0 saturated heterocycles. The summed E-state index contributed by atoms with van der Waals surface area (Å²) >= 11 is 10.5. The summed E-state index contributed by atoms with van der Waals surface area (Å²) in [4.78, 5) is 6.06. The highest BCUT2D eigenvalue weighted by Gasteiger charge is 2.23. The fourth-order valence-electron chi connectivity index (χ4n) is 1.66. The molecule has 2 rings (SSSR count). The Balaban J connectivity index is 2.35. The van der Waals surface area contributed by atoms with E-state index in [2.05, 4.69) is 69.4 Å². The van der Waals surface area contributed by atoms with E-state index >= 15 is 0 Å². The van der Waals surface area contributed by atoms with Gasteiger partial charge in [0.2, 0.25) is 0 Å². The summed E-state index contributed by atoms with van der Waals surface area (Å²) in [6.45, 7) is 6.58. The van der Waals surface area contributed by atoms with Crippen LogP contribution >= 0.6 is 54.5 Å². The Morgan fingerprint density at radius 3 is 2.42 bits per heavy atom. The molecule has 6 heteroatoms. The molecule has 0 aliphatic rings. The molecule has 19 heavy (non-hydrogen) atoms. The van der Waals surface area contributed by atoms with Gasteiger partial charge in [0.25, 0.3) is 0 Å². The Bertz CT molecular complexity index is 550. The summed E-state index contributed by atoms with van der Waals surface area (Å²) in [5, 5.41) is 6.64. The van der Waals surface area contributed by atoms with E-state index in [1.54, 1.807) is 22.7 Å². The number of aromatic nitrogens is 1. The molecule has 2 heterocycles. The molecule has 0 aromatic carbocycles. The zero-order valence-corrected chi connectivity index (χ0v) is 16.1. The molecule has 0 saturated carbocycles. The zero-order chi connectivity index (χ0) is 14.2. The van der Waals surface area contributed by atoms with Crippen molar-refractivity contribution >= 4 is 54.5 Å². The first-order valence-electron chi connectivity index (χ1n) is 5.91. The number of nitrogens with one attached hydrogen (secondary N) is 1. The maximum Gasteiger partial charge on any atom is 0.115 e. The average molecular weight is 424 g/mol. The van der Waals surface area contributed by atoms with Gasteiger partial charge in [0.15, 0.2) is 0 Å². The van der Waals surface area contributed by atoms with Crippen LogP contribution in [0.5, 0.6) is 0 Å². The minimum Gasteiger partial charge on any atom is -0.307 e. The standard InChI is InChI=1S/C13H16Br2N2S2/c1-13(2,3)9-6-18-12(17-9)10(16-4)8-5-7(14)11(15)19-8/h5-6,10,16H,1-4H3. The quantitative estimate of drug-likeness (QED) is 0.720. The normalized spacial score (nSPS) is 13.8. The lowest BCUT2D eigenvalue weighted by Gasteiger charge is -2.15. The van der Waals surface area contributed by atoms with Gasteiger partial charge in [-0.15, -0.1) is 22.7 Å². The van der Waals surface area contributed by atoms with E-state index in [0.717, 1.165) is 19.0 Å². The van der Waals surface area contributed by atoms with E-state index in [-0.39, 0.29) is 11.5 Å². The summed E-state index contributed by atoms with van der Waals surface area (Å²) in [5.74, 6) is 0. The Morgan fingerprint density at radius 2 is 2.00 bits per heavy atom. The number of thiophene rings is 1. The van der Waals surface area contributed by atoms with Gasteiger partial charge in [0.05, 0.1) is 15.5 Å². The van der Waals surface area contributed by atoms with Crippen LogP contribution in [0.3, 0.4) is 0 Å². The third kappa shape index (κ3) is 3.47. The van der Waals surface area contributed by atoms with Crippen molar-refractivity contribution in [1.29, 1.82) is 0 Å². The van der Waals surface area contributed by atoms with E-state index < -0.39 is 0 Å². The van der Waals surface area contributed by atoms with Crippen LogP contribution in [0.4, 0.5) is 0 Å². The Hall–Kier alpha value is 0.250. The molecule has 0 fully saturated rings. The number of nitrogens with zero attached hydrogens (tertiary/aromatic N) is 1. The van der Waals surface area contributed by atoms with Crippen LogP contribution in [-0.4, -0.2) is 12.0 Å². The lowest BCUT2D eigenvalue weighted by molar-refractivity contribution is 0.566. The van der Waals surface area contributed by atoms with Gasteiger partial charge in [-0.25, -0.2) is 4.98 Å². The second kappa shape index (κ2) is 5.93. The lowest BCUT2D eigenvalue weighted by Crippen LogP contribution is -2.17. The third-order valence-electron chi connectivity index (χ3n) is 2.77. The van der Waals surface area contributed by atoms with Gasteiger partial charge in [0.1, 0.15) is 5.01 Å². The Morgan fingerprint density at radius 1 is 1.32 bits per heavy atom. The summed E-state index contributed by atoms with van der Waals surface area (Å²) in [7, 11) is 1.98. The summed E-state index contributed by atoms with van der Waals surface area (Å²) in [5.41, 5.74) is 1.26. The molecule has 1 N–H and O–H groups in total. The minimum absolute atomic E-state index is 0.101.